The van der Waals surface area contributed by atoms with E-state index in [0.29, 0.717) is 26.2 Å². The second-order valence-corrected chi connectivity index (χ2v) is 8.52. The highest BCUT2D eigenvalue weighted by atomic mass is 35.5. The molecular formula is C18H20ClFN2O2S. The molecule has 4 nitrogen and oxygen atoms in total. The molecule has 0 atom stereocenters. The van der Waals surface area contributed by atoms with Crippen molar-refractivity contribution < 1.29 is 12.8 Å². The van der Waals surface area contributed by atoms with Gasteiger partial charge in [-0.15, -0.1) is 0 Å². The summed E-state index contributed by atoms with van der Waals surface area (Å²) in [5.74, 6) is -0.810. The maximum absolute atomic E-state index is 14.0. The summed E-state index contributed by atoms with van der Waals surface area (Å²) in [6.45, 7) is 4.77. The first-order chi connectivity index (χ1) is 11.9. The molecule has 2 aromatic rings. The fraction of sp³-hybridized carbons (Fsp3) is 0.333. The second-order valence-electron chi connectivity index (χ2n) is 6.18. The number of sulfonamides is 1. The van der Waals surface area contributed by atoms with E-state index in [1.165, 1.54) is 27.6 Å². The smallest absolute Gasteiger partial charge is 0.246 e. The molecule has 1 heterocycles. The van der Waals surface area contributed by atoms with Crippen molar-refractivity contribution in [3.05, 3.63) is 64.4 Å². The highest BCUT2D eigenvalue weighted by Crippen LogP contribution is 2.24. The molecule has 134 valence electrons. The quantitative estimate of drug-likeness (QED) is 0.814. The van der Waals surface area contributed by atoms with E-state index in [4.69, 9.17) is 11.6 Å². The molecule has 0 aliphatic carbocycles. The summed E-state index contributed by atoms with van der Waals surface area (Å²) in [7, 11) is -3.84. The maximum atomic E-state index is 14.0. The summed E-state index contributed by atoms with van der Waals surface area (Å²) in [6, 6.07) is 11.8. The molecule has 1 aliphatic rings. The van der Waals surface area contributed by atoms with Crippen LogP contribution in [0.4, 0.5) is 4.39 Å². The van der Waals surface area contributed by atoms with E-state index in [1.54, 1.807) is 0 Å². The lowest BCUT2D eigenvalue weighted by Gasteiger charge is -2.34. The van der Waals surface area contributed by atoms with Crippen LogP contribution in [-0.4, -0.2) is 43.8 Å². The Balaban J connectivity index is 1.68. The Morgan fingerprint density at radius 1 is 1.08 bits per heavy atom. The predicted octanol–water partition coefficient (Wildman–Crippen LogP) is 3.29. The zero-order valence-corrected chi connectivity index (χ0v) is 15.5. The summed E-state index contributed by atoms with van der Waals surface area (Å²) in [6.07, 6.45) is 0. The van der Waals surface area contributed by atoms with E-state index in [1.807, 2.05) is 12.1 Å². The summed E-state index contributed by atoms with van der Waals surface area (Å²) in [4.78, 5) is 1.90. The molecule has 0 unspecified atom stereocenters. The molecule has 2 aromatic carbocycles. The molecule has 0 radical (unpaired) electrons. The highest BCUT2D eigenvalue weighted by Gasteiger charge is 2.30. The Bertz CT molecular complexity index is 865. The third-order valence-corrected chi connectivity index (χ3v) is 6.67. The monoisotopic (exact) mass is 382 g/mol. The van der Waals surface area contributed by atoms with Crippen molar-refractivity contribution in [2.24, 2.45) is 0 Å². The predicted molar refractivity (Wildman–Crippen MR) is 96.6 cm³/mol. The van der Waals surface area contributed by atoms with Gasteiger partial charge in [-0.25, -0.2) is 12.8 Å². The zero-order valence-electron chi connectivity index (χ0n) is 14.0. The fourth-order valence-electron chi connectivity index (χ4n) is 2.98. The van der Waals surface area contributed by atoms with E-state index in [-0.39, 0.29) is 9.92 Å². The van der Waals surface area contributed by atoms with E-state index in [0.717, 1.165) is 12.6 Å². The number of aryl methyl sites for hydroxylation is 1. The Morgan fingerprint density at radius 2 is 1.76 bits per heavy atom. The number of hydrogen-bond acceptors (Lipinski definition) is 3. The van der Waals surface area contributed by atoms with Crippen LogP contribution in [0, 0.1) is 12.7 Å². The first-order valence-electron chi connectivity index (χ1n) is 8.10. The van der Waals surface area contributed by atoms with Crippen LogP contribution in [0.5, 0.6) is 0 Å². The van der Waals surface area contributed by atoms with Crippen molar-refractivity contribution in [1.29, 1.82) is 0 Å². The van der Waals surface area contributed by atoms with Crippen molar-refractivity contribution >= 4 is 21.6 Å². The van der Waals surface area contributed by atoms with Gasteiger partial charge in [0.25, 0.3) is 0 Å². The second kappa shape index (κ2) is 7.41. The van der Waals surface area contributed by atoms with Crippen LogP contribution in [0.1, 0.15) is 11.1 Å². The van der Waals surface area contributed by atoms with Crippen molar-refractivity contribution in [2.75, 3.05) is 26.2 Å². The zero-order chi connectivity index (χ0) is 18.0. The Morgan fingerprint density at radius 3 is 2.40 bits per heavy atom. The van der Waals surface area contributed by atoms with Gasteiger partial charge in [0.05, 0.1) is 0 Å². The topological polar surface area (TPSA) is 40.6 Å². The van der Waals surface area contributed by atoms with Gasteiger partial charge in [0, 0.05) is 37.7 Å². The molecule has 1 fully saturated rings. The van der Waals surface area contributed by atoms with Gasteiger partial charge in [-0.05, 0) is 36.2 Å². The summed E-state index contributed by atoms with van der Waals surface area (Å²) in [5, 5.41) is 0.180. The largest absolute Gasteiger partial charge is 0.296 e. The average molecular weight is 383 g/mol. The Kier molecular flexibility index (Phi) is 5.43. The van der Waals surface area contributed by atoms with Crippen LogP contribution < -0.4 is 0 Å². The molecule has 25 heavy (non-hydrogen) atoms. The first kappa shape index (κ1) is 18.3. The van der Waals surface area contributed by atoms with Gasteiger partial charge in [-0.2, -0.15) is 4.31 Å². The average Bonchev–Trinajstić information content (AvgIpc) is 2.57. The first-order valence-corrected chi connectivity index (χ1v) is 9.92. The standard InChI is InChI=1S/C18H20ClFN2O2S/c1-14-4-2-3-5-15(14)13-21-8-10-22(11-9-21)25(23,24)18-7-6-16(19)12-17(18)20/h2-7,12H,8-11,13H2,1H3. The molecule has 1 saturated heterocycles. The van der Waals surface area contributed by atoms with Gasteiger partial charge >= 0.3 is 0 Å². The molecule has 0 aromatic heterocycles. The Labute approximate surface area is 152 Å². The van der Waals surface area contributed by atoms with Crippen LogP contribution in [0.2, 0.25) is 5.02 Å². The van der Waals surface area contributed by atoms with E-state index >= 15 is 0 Å². The minimum absolute atomic E-state index is 0.180. The third-order valence-electron chi connectivity index (χ3n) is 4.50. The van der Waals surface area contributed by atoms with Gasteiger partial charge in [-0.1, -0.05) is 35.9 Å². The van der Waals surface area contributed by atoms with Crippen molar-refractivity contribution in [3.8, 4) is 0 Å². The molecule has 0 saturated carbocycles. The number of piperazine rings is 1. The van der Waals surface area contributed by atoms with Gasteiger partial charge in [0.2, 0.25) is 10.0 Å². The Hall–Kier alpha value is -1.47. The van der Waals surface area contributed by atoms with Gasteiger partial charge < -0.3 is 0 Å². The normalized spacial score (nSPS) is 16.9. The highest BCUT2D eigenvalue weighted by molar-refractivity contribution is 7.89. The third kappa shape index (κ3) is 4.03. The summed E-state index contributed by atoms with van der Waals surface area (Å²) >= 11 is 5.71. The van der Waals surface area contributed by atoms with Gasteiger partial charge in [-0.3, -0.25) is 4.90 Å². The number of hydrogen-bond donors (Lipinski definition) is 0. The van der Waals surface area contributed by atoms with Crippen LogP contribution in [0.15, 0.2) is 47.4 Å². The SMILES string of the molecule is Cc1ccccc1CN1CCN(S(=O)(=O)c2ccc(Cl)cc2F)CC1. The van der Waals surface area contributed by atoms with E-state index in [2.05, 4.69) is 24.0 Å². The lowest BCUT2D eigenvalue weighted by atomic mass is 10.1. The van der Waals surface area contributed by atoms with Crippen molar-refractivity contribution in [1.82, 2.24) is 9.21 Å². The number of benzene rings is 2. The van der Waals surface area contributed by atoms with E-state index < -0.39 is 15.8 Å². The molecule has 0 N–H and O–H groups in total. The lowest BCUT2D eigenvalue weighted by molar-refractivity contribution is 0.181. The molecule has 7 heteroatoms. The fourth-order valence-corrected chi connectivity index (χ4v) is 4.61. The van der Waals surface area contributed by atoms with Gasteiger partial charge in [0.1, 0.15) is 10.7 Å². The summed E-state index contributed by atoms with van der Waals surface area (Å²) < 4.78 is 40.7. The van der Waals surface area contributed by atoms with E-state index in [9.17, 15) is 12.8 Å². The lowest BCUT2D eigenvalue weighted by Crippen LogP contribution is -2.48. The summed E-state index contributed by atoms with van der Waals surface area (Å²) in [5.41, 5.74) is 2.46. The molecular weight excluding hydrogens is 363 g/mol. The number of halogens is 2. The van der Waals surface area contributed by atoms with Crippen molar-refractivity contribution in [2.45, 2.75) is 18.4 Å². The molecule has 1 aliphatic heterocycles. The molecule has 0 amide bonds. The molecule has 3 rings (SSSR count). The van der Waals surface area contributed by atoms with Crippen molar-refractivity contribution in [3.63, 3.8) is 0 Å². The molecule has 0 spiro atoms. The van der Waals surface area contributed by atoms with Crippen LogP contribution in [-0.2, 0) is 16.6 Å². The van der Waals surface area contributed by atoms with Crippen LogP contribution in [0.25, 0.3) is 0 Å². The van der Waals surface area contributed by atoms with Crippen LogP contribution in [0.3, 0.4) is 0 Å². The minimum Gasteiger partial charge on any atom is -0.296 e. The minimum atomic E-state index is -3.84. The maximum Gasteiger partial charge on any atom is 0.246 e. The number of rotatable bonds is 4. The molecule has 0 bridgehead atoms. The van der Waals surface area contributed by atoms with Crippen LogP contribution >= 0.6 is 11.6 Å². The number of nitrogens with zero attached hydrogens (tertiary/aromatic N) is 2. The van der Waals surface area contributed by atoms with Gasteiger partial charge in [0.15, 0.2) is 0 Å².